The van der Waals surface area contributed by atoms with Crippen molar-refractivity contribution >= 4 is 17.4 Å². The summed E-state index contributed by atoms with van der Waals surface area (Å²) >= 11 is 1.12. The first-order valence-electron chi connectivity index (χ1n) is 6.69. The Morgan fingerprint density at radius 3 is 2.48 bits per heavy atom. The largest absolute Gasteiger partial charge is 0.446 e. The second kappa shape index (κ2) is 5.51. The zero-order chi connectivity index (χ0) is 15.8. The van der Waals surface area contributed by atoms with E-state index >= 15 is 0 Å². The molecule has 3 nitrogen and oxygen atoms in total. The molecule has 1 saturated carbocycles. The third-order valence-electron chi connectivity index (χ3n) is 3.22. The van der Waals surface area contributed by atoms with Crippen molar-refractivity contribution in [1.29, 1.82) is 0 Å². The highest BCUT2D eigenvalue weighted by atomic mass is 32.1. The molecule has 1 aromatic rings. The Balaban J connectivity index is 1.88. The molecule has 118 valence electrons. The molecule has 7 heteroatoms. The maximum atomic E-state index is 12.8. The lowest BCUT2D eigenvalue weighted by Crippen LogP contribution is -2.44. The van der Waals surface area contributed by atoms with Crippen molar-refractivity contribution < 1.29 is 22.7 Å². The van der Waals surface area contributed by atoms with Crippen LogP contribution in [0.2, 0.25) is 0 Å². The van der Waals surface area contributed by atoms with Crippen molar-refractivity contribution in [3.63, 3.8) is 0 Å². The normalized spacial score (nSPS) is 22.6. The van der Waals surface area contributed by atoms with Crippen LogP contribution in [0.25, 0.3) is 0 Å². The van der Waals surface area contributed by atoms with Crippen LogP contribution in [0.15, 0.2) is 11.4 Å². The fourth-order valence-corrected chi connectivity index (χ4v) is 3.28. The summed E-state index contributed by atoms with van der Waals surface area (Å²) in [6, 6.07) is 1.11. The molecule has 0 saturated heterocycles. The van der Waals surface area contributed by atoms with Gasteiger partial charge in [-0.3, -0.25) is 0 Å². The minimum Gasteiger partial charge on any atom is -0.446 e. The molecule has 1 heterocycles. The van der Waals surface area contributed by atoms with Gasteiger partial charge in [-0.1, -0.05) is 0 Å². The van der Waals surface area contributed by atoms with E-state index in [2.05, 4.69) is 5.32 Å². The van der Waals surface area contributed by atoms with Crippen LogP contribution < -0.4 is 5.32 Å². The van der Waals surface area contributed by atoms with Crippen molar-refractivity contribution in [3.05, 3.63) is 21.9 Å². The van der Waals surface area contributed by atoms with Crippen molar-refractivity contribution in [2.45, 2.75) is 57.3 Å². The monoisotopic (exact) mass is 321 g/mol. The first kappa shape index (κ1) is 16.1. The van der Waals surface area contributed by atoms with Crippen molar-refractivity contribution in [2.24, 2.45) is 0 Å². The minimum absolute atomic E-state index is 0.172. The molecule has 0 atom stereocenters. The van der Waals surface area contributed by atoms with E-state index in [1.807, 2.05) is 20.8 Å². The van der Waals surface area contributed by atoms with Gasteiger partial charge in [0.1, 0.15) is 6.10 Å². The third kappa shape index (κ3) is 4.12. The van der Waals surface area contributed by atoms with Crippen molar-refractivity contribution in [3.8, 4) is 0 Å². The molecule has 0 spiro atoms. The number of hydrogen-bond donors (Lipinski definition) is 1. The molecule has 0 aliphatic heterocycles. The lowest BCUT2D eigenvalue weighted by Gasteiger charge is -2.35. The van der Waals surface area contributed by atoms with Crippen LogP contribution in [0.5, 0.6) is 0 Å². The number of alkyl halides is 3. The van der Waals surface area contributed by atoms with Gasteiger partial charge in [0.05, 0.1) is 5.56 Å². The number of amides is 1. The first-order valence-corrected chi connectivity index (χ1v) is 7.57. The van der Waals surface area contributed by atoms with Crippen LogP contribution in [0, 0.1) is 0 Å². The lowest BCUT2D eigenvalue weighted by atomic mass is 9.80. The van der Waals surface area contributed by atoms with Crippen LogP contribution in [0.1, 0.15) is 50.0 Å². The molecule has 0 bridgehead atoms. The summed E-state index contributed by atoms with van der Waals surface area (Å²) in [5.41, 5.74) is -0.952. The zero-order valence-corrected chi connectivity index (χ0v) is 12.9. The van der Waals surface area contributed by atoms with E-state index in [1.165, 1.54) is 5.38 Å². The van der Waals surface area contributed by atoms with Crippen LogP contribution >= 0.6 is 11.3 Å². The summed E-state index contributed by atoms with van der Waals surface area (Å²) in [5.74, 6) is -0.172. The fraction of sp³-hybridized carbons (Fsp3) is 0.643. The number of halogens is 3. The van der Waals surface area contributed by atoms with E-state index in [1.54, 1.807) is 0 Å². The van der Waals surface area contributed by atoms with E-state index in [-0.39, 0.29) is 12.0 Å². The Morgan fingerprint density at radius 1 is 1.33 bits per heavy atom. The molecule has 1 aromatic heterocycles. The number of ether oxygens (including phenoxy) is 1. The van der Waals surface area contributed by atoms with Gasteiger partial charge in [-0.25, -0.2) is 4.79 Å². The molecular formula is C14H18F3NO2S. The summed E-state index contributed by atoms with van der Waals surface area (Å²) in [5, 5.41) is 4.12. The molecule has 1 N–H and O–H groups in total. The van der Waals surface area contributed by atoms with Crippen LogP contribution in [-0.2, 0) is 10.9 Å². The zero-order valence-electron chi connectivity index (χ0n) is 12.1. The maximum absolute atomic E-state index is 12.8. The predicted molar refractivity (Wildman–Crippen MR) is 74.5 cm³/mol. The summed E-state index contributed by atoms with van der Waals surface area (Å²) in [7, 11) is 0. The molecule has 1 aliphatic rings. The number of hydrogen-bond acceptors (Lipinski definition) is 3. The molecule has 1 amide bonds. The SMILES string of the molecule is CC(C)(C)NC(=O)OC1CC(c2sccc2C(F)(F)F)C1. The van der Waals surface area contributed by atoms with Gasteiger partial charge in [0.2, 0.25) is 0 Å². The molecule has 0 radical (unpaired) electrons. The number of thiophene rings is 1. The molecule has 1 aliphatic carbocycles. The van der Waals surface area contributed by atoms with Crippen LogP contribution in [-0.4, -0.2) is 17.7 Å². The first-order chi connectivity index (χ1) is 9.56. The summed E-state index contributed by atoms with van der Waals surface area (Å²) in [6.45, 7) is 5.50. The summed E-state index contributed by atoms with van der Waals surface area (Å²) < 4.78 is 43.6. The average molecular weight is 321 g/mol. The maximum Gasteiger partial charge on any atom is 0.417 e. The number of rotatable bonds is 2. The Bertz CT molecular complexity index is 513. The Morgan fingerprint density at radius 2 is 1.95 bits per heavy atom. The molecule has 21 heavy (non-hydrogen) atoms. The van der Waals surface area contributed by atoms with Gasteiger partial charge in [-0.05, 0) is 45.1 Å². The molecular weight excluding hydrogens is 303 g/mol. The summed E-state index contributed by atoms with van der Waals surface area (Å²) in [4.78, 5) is 11.9. The highest BCUT2D eigenvalue weighted by Crippen LogP contribution is 2.46. The quantitative estimate of drug-likeness (QED) is 0.868. The van der Waals surface area contributed by atoms with Crippen LogP contribution in [0.3, 0.4) is 0 Å². The highest BCUT2D eigenvalue weighted by Gasteiger charge is 2.41. The molecule has 0 unspecified atom stereocenters. The van der Waals surface area contributed by atoms with Crippen LogP contribution in [0.4, 0.5) is 18.0 Å². The van der Waals surface area contributed by atoms with E-state index in [4.69, 9.17) is 4.74 Å². The standard InChI is InChI=1S/C14H18F3NO2S/c1-13(2,3)18-12(19)20-9-6-8(7-9)11-10(4-5-21-11)14(15,16)17/h4-5,8-9H,6-7H2,1-3H3,(H,18,19). The number of carbonyl (C=O) groups excluding carboxylic acids is 1. The van der Waals surface area contributed by atoms with Gasteiger partial charge in [-0.15, -0.1) is 11.3 Å². The topological polar surface area (TPSA) is 38.3 Å². The highest BCUT2D eigenvalue weighted by molar-refractivity contribution is 7.10. The van der Waals surface area contributed by atoms with E-state index in [9.17, 15) is 18.0 Å². The number of carbonyl (C=O) groups is 1. The second-order valence-electron chi connectivity index (χ2n) is 6.27. The van der Waals surface area contributed by atoms with Gasteiger partial charge < -0.3 is 10.1 Å². The van der Waals surface area contributed by atoms with Crippen molar-refractivity contribution in [1.82, 2.24) is 5.32 Å². The third-order valence-corrected chi connectivity index (χ3v) is 4.30. The van der Waals surface area contributed by atoms with Gasteiger partial charge in [0.15, 0.2) is 0 Å². The van der Waals surface area contributed by atoms with Gasteiger partial charge in [0, 0.05) is 16.3 Å². The average Bonchev–Trinajstić information content (AvgIpc) is 2.67. The number of alkyl carbamates (subject to hydrolysis) is 1. The van der Waals surface area contributed by atoms with Crippen molar-refractivity contribution in [2.75, 3.05) is 0 Å². The molecule has 1 fully saturated rings. The number of nitrogens with one attached hydrogen (secondary N) is 1. The smallest absolute Gasteiger partial charge is 0.417 e. The molecule has 0 aromatic carbocycles. The Hall–Kier alpha value is -1.24. The Labute approximate surface area is 125 Å². The van der Waals surface area contributed by atoms with E-state index < -0.39 is 23.4 Å². The van der Waals surface area contributed by atoms with Gasteiger partial charge in [-0.2, -0.15) is 13.2 Å². The molecule has 2 rings (SSSR count). The lowest BCUT2D eigenvalue weighted by molar-refractivity contribution is -0.138. The Kier molecular flexibility index (Phi) is 4.24. The predicted octanol–water partition coefficient (Wildman–Crippen LogP) is 4.54. The van der Waals surface area contributed by atoms with E-state index in [0.29, 0.717) is 17.7 Å². The summed E-state index contributed by atoms with van der Waals surface area (Å²) in [6.07, 6.45) is -4.25. The van der Waals surface area contributed by atoms with E-state index in [0.717, 1.165) is 17.4 Å². The van der Waals surface area contributed by atoms with Gasteiger partial charge in [0.25, 0.3) is 0 Å². The van der Waals surface area contributed by atoms with Gasteiger partial charge >= 0.3 is 12.3 Å². The fourth-order valence-electron chi connectivity index (χ4n) is 2.23. The minimum atomic E-state index is -4.31. The second-order valence-corrected chi connectivity index (χ2v) is 7.21.